The molecule has 1 fully saturated rings. The summed E-state index contributed by atoms with van der Waals surface area (Å²) in [7, 11) is 0. The third kappa shape index (κ3) is 7.24. The van der Waals surface area contributed by atoms with E-state index in [2.05, 4.69) is 24.6 Å². The van der Waals surface area contributed by atoms with Crippen LogP contribution in [0.5, 0.6) is 0 Å². The molecular formula is C5H8O9. The van der Waals surface area contributed by atoms with E-state index in [1.54, 1.807) is 0 Å². The van der Waals surface area contributed by atoms with Gasteiger partial charge < -0.3 is 14.9 Å². The molecule has 0 aromatic rings. The van der Waals surface area contributed by atoms with E-state index in [9.17, 15) is 9.59 Å². The number of carbonyl (C=O) groups excluding carboxylic acids is 1. The molecule has 1 atom stereocenters. The number of carboxylic acid groups (broad SMARTS) is 1. The minimum absolute atomic E-state index is 0.334. The fourth-order valence-corrected chi connectivity index (χ4v) is 0.177. The first-order chi connectivity index (χ1) is 6.54. The fourth-order valence-electron chi connectivity index (χ4n) is 0.177. The van der Waals surface area contributed by atoms with E-state index < -0.39 is 18.2 Å². The maximum absolute atomic E-state index is 9.95. The largest absolute Gasteiger partial charge is 0.544 e. The van der Waals surface area contributed by atoms with Gasteiger partial charge in [-0.3, -0.25) is 0 Å². The number of aliphatic hydroxyl groups excluding tert-OH is 1. The number of cyclic esters (lactones) is 1. The topological polar surface area (TPSA) is 121 Å². The number of hydrogen-bond acceptors (Lipinski definition) is 8. The molecule has 1 aliphatic heterocycles. The molecule has 9 heteroatoms. The van der Waals surface area contributed by atoms with E-state index in [0.717, 1.165) is 0 Å². The molecule has 1 aliphatic rings. The van der Waals surface area contributed by atoms with Gasteiger partial charge in [0.05, 0.1) is 0 Å². The number of ether oxygens (including phenoxy) is 1. The normalized spacial score (nSPS) is 17.7. The Morgan fingerprint density at radius 1 is 1.50 bits per heavy atom. The Labute approximate surface area is 77.5 Å². The van der Waals surface area contributed by atoms with E-state index in [1.165, 1.54) is 6.92 Å². The number of aliphatic carboxylic acids is 1. The van der Waals surface area contributed by atoms with Gasteiger partial charge in [0.1, 0.15) is 6.10 Å². The molecule has 2 N–H and O–H groups in total. The summed E-state index contributed by atoms with van der Waals surface area (Å²) in [6.07, 6.45) is -2.23. The van der Waals surface area contributed by atoms with Crippen molar-refractivity contribution in [1.82, 2.24) is 0 Å². The highest BCUT2D eigenvalue weighted by atomic mass is 17.7. The second-order valence-corrected chi connectivity index (χ2v) is 1.86. The van der Waals surface area contributed by atoms with Crippen LogP contribution in [0.25, 0.3) is 0 Å². The van der Waals surface area contributed by atoms with Crippen molar-refractivity contribution in [1.29, 1.82) is 0 Å². The van der Waals surface area contributed by atoms with Crippen molar-refractivity contribution in [2.45, 2.75) is 13.0 Å². The van der Waals surface area contributed by atoms with Crippen LogP contribution in [0.4, 0.5) is 4.79 Å². The highest BCUT2D eigenvalue weighted by molar-refractivity contribution is 5.71. The third-order valence-corrected chi connectivity index (χ3v) is 0.760. The lowest BCUT2D eigenvalue weighted by Crippen LogP contribution is -2.13. The molecule has 9 nitrogen and oxygen atoms in total. The molecule has 0 bridgehead atoms. The van der Waals surface area contributed by atoms with E-state index in [1.807, 2.05) is 0 Å². The van der Waals surface area contributed by atoms with Crippen LogP contribution in [0.1, 0.15) is 6.92 Å². The highest BCUT2D eigenvalue weighted by Gasteiger charge is 2.10. The van der Waals surface area contributed by atoms with Crippen LogP contribution in [-0.2, 0) is 29.4 Å². The Balaban J connectivity index is 0.000000255. The summed E-state index contributed by atoms with van der Waals surface area (Å²) in [5.41, 5.74) is 0. The Bertz CT molecular complexity index is 178. The summed E-state index contributed by atoms with van der Waals surface area (Å²) in [6.45, 7) is 0.862. The maximum Gasteiger partial charge on any atom is 0.544 e. The van der Waals surface area contributed by atoms with Gasteiger partial charge in [0.25, 0.3) is 0 Å². The van der Waals surface area contributed by atoms with Gasteiger partial charge in [0.2, 0.25) is 6.79 Å². The van der Waals surface area contributed by atoms with E-state index in [0.29, 0.717) is 0 Å². The number of carbonyl (C=O) groups is 2. The number of rotatable bonds is 1. The zero-order valence-electron chi connectivity index (χ0n) is 7.04. The molecule has 0 radical (unpaired) electrons. The van der Waals surface area contributed by atoms with Crippen LogP contribution in [0.3, 0.4) is 0 Å². The fraction of sp³-hybridized carbons (Fsp3) is 0.600. The van der Waals surface area contributed by atoms with Crippen molar-refractivity contribution < 1.29 is 44.4 Å². The number of carboxylic acids is 1. The number of hydrogen-bond donors (Lipinski definition) is 2. The van der Waals surface area contributed by atoms with Gasteiger partial charge in [-0.2, -0.15) is 4.89 Å². The van der Waals surface area contributed by atoms with Crippen LogP contribution in [0.15, 0.2) is 0 Å². The van der Waals surface area contributed by atoms with Crippen molar-refractivity contribution in [3.05, 3.63) is 0 Å². The van der Waals surface area contributed by atoms with Gasteiger partial charge in [-0.05, 0) is 12.0 Å². The molecule has 0 amide bonds. The molecule has 0 spiro atoms. The molecule has 14 heavy (non-hydrogen) atoms. The average molecular weight is 212 g/mol. The Hall–Kier alpha value is -1.42. The van der Waals surface area contributed by atoms with Crippen molar-refractivity contribution in [3.63, 3.8) is 0 Å². The first-order valence-electron chi connectivity index (χ1n) is 3.24. The van der Waals surface area contributed by atoms with Crippen LogP contribution in [0, 0.1) is 0 Å². The average Bonchev–Trinajstić information content (AvgIpc) is 2.33. The zero-order valence-corrected chi connectivity index (χ0v) is 7.04. The SMILES string of the molecule is CC(O)C(=O)O.O=C1OCOOOO1. The summed E-state index contributed by atoms with van der Waals surface area (Å²) in [5, 5.41) is 23.1. The lowest BCUT2D eigenvalue weighted by Gasteiger charge is -1.89. The summed E-state index contributed by atoms with van der Waals surface area (Å²) in [5.74, 6) is -1.19. The minimum Gasteiger partial charge on any atom is -0.479 e. The van der Waals surface area contributed by atoms with E-state index >= 15 is 0 Å². The van der Waals surface area contributed by atoms with Gasteiger partial charge >= 0.3 is 12.1 Å². The summed E-state index contributed by atoms with van der Waals surface area (Å²) >= 11 is 0. The molecule has 1 heterocycles. The van der Waals surface area contributed by atoms with Crippen molar-refractivity contribution >= 4 is 12.1 Å². The van der Waals surface area contributed by atoms with Crippen molar-refractivity contribution in [3.8, 4) is 0 Å². The van der Waals surface area contributed by atoms with Crippen LogP contribution in [-0.4, -0.2) is 35.2 Å². The van der Waals surface area contributed by atoms with Crippen LogP contribution in [0.2, 0.25) is 0 Å². The first-order valence-corrected chi connectivity index (χ1v) is 3.24. The second kappa shape index (κ2) is 7.03. The molecule has 0 aromatic carbocycles. The van der Waals surface area contributed by atoms with Gasteiger partial charge in [-0.15, -0.1) is 0 Å². The minimum atomic E-state index is -1.23. The standard InChI is InChI=1S/C3H6O3.C2H2O6/c1-2(4)3(5)6;3-2-4-1-5-7-8-6-2/h2,4H,1H3,(H,5,6);1H2. The smallest absolute Gasteiger partial charge is 0.479 e. The highest BCUT2D eigenvalue weighted by Crippen LogP contribution is 1.94. The van der Waals surface area contributed by atoms with E-state index in [4.69, 9.17) is 10.2 Å². The maximum atomic E-state index is 9.95. The molecule has 0 aromatic heterocycles. The van der Waals surface area contributed by atoms with Crippen LogP contribution < -0.4 is 0 Å². The first kappa shape index (κ1) is 12.6. The molecule has 1 saturated heterocycles. The Morgan fingerprint density at radius 3 is 2.57 bits per heavy atom. The summed E-state index contributed by atoms with van der Waals surface area (Å²) < 4.78 is 4.07. The van der Waals surface area contributed by atoms with Gasteiger partial charge in [0.15, 0.2) is 0 Å². The summed E-state index contributed by atoms with van der Waals surface area (Å²) in [4.78, 5) is 27.1. The van der Waals surface area contributed by atoms with Crippen molar-refractivity contribution in [2.75, 3.05) is 6.79 Å². The molecule has 1 rings (SSSR count). The molecule has 82 valence electrons. The summed E-state index contributed by atoms with van der Waals surface area (Å²) in [6, 6.07) is 0. The number of aliphatic hydroxyl groups is 1. The quantitative estimate of drug-likeness (QED) is 0.431. The van der Waals surface area contributed by atoms with Crippen molar-refractivity contribution in [2.24, 2.45) is 0 Å². The Kier molecular flexibility index (Phi) is 6.32. The lowest BCUT2D eigenvalue weighted by molar-refractivity contribution is -0.609. The molecule has 1 unspecified atom stereocenters. The van der Waals surface area contributed by atoms with Gasteiger partial charge in [0, 0.05) is 5.04 Å². The monoisotopic (exact) mass is 212 g/mol. The van der Waals surface area contributed by atoms with E-state index in [-0.39, 0.29) is 6.79 Å². The lowest BCUT2D eigenvalue weighted by atomic mass is 10.4. The molecular weight excluding hydrogens is 204 g/mol. The Morgan fingerprint density at radius 2 is 2.07 bits per heavy atom. The van der Waals surface area contributed by atoms with Crippen LogP contribution >= 0.6 is 0 Å². The predicted molar refractivity (Wildman–Crippen MR) is 35.0 cm³/mol. The third-order valence-electron chi connectivity index (χ3n) is 0.760. The molecule has 0 aliphatic carbocycles. The second-order valence-electron chi connectivity index (χ2n) is 1.86. The van der Waals surface area contributed by atoms with Gasteiger partial charge in [-0.1, -0.05) is 0 Å². The predicted octanol–water partition coefficient (Wildman–Crippen LogP) is -0.643. The zero-order chi connectivity index (χ0) is 11.0. The van der Waals surface area contributed by atoms with Gasteiger partial charge in [-0.25, -0.2) is 14.5 Å². The molecule has 0 saturated carbocycles.